The fourth-order valence-electron chi connectivity index (χ4n) is 2.86. The first-order valence-corrected chi connectivity index (χ1v) is 9.51. The molecule has 2 rings (SSSR count). The van der Waals surface area contributed by atoms with E-state index in [9.17, 15) is 0 Å². The third-order valence-electron chi connectivity index (χ3n) is 4.19. The third-order valence-corrected chi connectivity index (χ3v) is 5.21. The Morgan fingerprint density at radius 3 is 2.70 bits per heavy atom. The van der Waals surface area contributed by atoms with Crippen molar-refractivity contribution in [3.63, 3.8) is 0 Å². The molecule has 4 nitrogen and oxygen atoms in total. The maximum absolute atomic E-state index is 4.72. The fourth-order valence-corrected chi connectivity index (χ4v) is 3.67. The molecular formula is C17H31IN4S. The Balaban J connectivity index is 0.00000264. The summed E-state index contributed by atoms with van der Waals surface area (Å²) in [4.78, 5) is 9.22. The van der Waals surface area contributed by atoms with Crippen molar-refractivity contribution >= 4 is 41.3 Å². The number of nitrogens with zero attached hydrogens (tertiary/aromatic N) is 2. The van der Waals surface area contributed by atoms with Crippen LogP contribution in [0.15, 0.2) is 10.4 Å². The molecule has 0 aliphatic heterocycles. The van der Waals surface area contributed by atoms with Crippen LogP contribution in [-0.4, -0.2) is 30.1 Å². The first-order valence-electron chi connectivity index (χ1n) is 8.63. The molecule has 1 aromatic heterocycles. The minimum absolute atomic E-state index is 0. The SMILES string of the molecule is CCNC(=NCCCc1nc(C)cs1)NC1CCC(C)CC1.I. The third kappa shape index (κ3) is 7.83. The van der Waals surface area contributed by atoms with Gasteiger partial charge in [0.2, 0.25) is 0 Å². The predicted octanol–water partition coefficient (Wildman–Crippen LogP) is 4.14. The number of aliphatic imine (C=N–C) groups is 1. The summed E-state index contributed by atoms with van der Waals surface area (Å²) in [6, 6.07) is 0.593. The lowest BCUT2D eigenvalue weighted by Gasteiger charge is -2.28. The number of guanidine groups is 1. The molecule has 6 heteroatoms. The molecule has 1 saturated carbocycles. The molecule has 0 aromatic carbocycles. The van der Waals surface area contributed by atoms with E-state index in [1.807, 2.05) is 0 Å². The predicted molar refractivity (Wildman–Crippen MR) is 111 cm³/mol. The molecule has 0 atom stereocenters. The number of hydrogen-bond acceptors (Lipinski definition) is 3. The van der Waals surface area contributed by atoms with Crippen LogP contribution in [0.1, 0.15) is 56.7 Å². The van der Waals surface area contributed by atoms with Crippen molar-refractivity contribution in [2.75, 3.05) is 13.1 Å². The molecule has 0 bridgehead atoms. The van der Waals surface area contributed by atoms with Crippen LogP contribution < -0.4 is 10.6 Å². The van der Waals surface area contributed by atoms with Crippen molar-refractivity contribution in [3.8, 4) is 0 Å². The largest absolute Gasteiger partial charge is 0.357 e. The maximum atomic E-state index is 4.72. The van der Waals surface area contributed by atoms with E-state index < -0.39 is 0 Å². The van der Waals surface area contributed by atoms with E-state index in [1.165, 1.54) is 30.7 Å². The molecule has 1 fully saturated rings. The lowest BCUT2D eigenvalue weighted by molar-refractivity contribution is 0.329. The Hall–Kier alpha value is -0.370. The number of hydrogen-bond donors (Lipinski definition) is 2. The maximum Gasteiger partial charge on any atom is 0.191 e. The van der Waals surface area contributed by atoms with E-state index in [2.05, 4.69) is 41.8 Å². The highest BCUT2D eigenvalue weighted by molar-refractivity contribution is 14.0. The van der Waals surface area contributed by atoms with Gasteiger partial charge in [-0.15, -0.1) is 35.3 Å². The summed E-state index contributed by atoms with van der Waals surface area (Å²) in [5.41, 5.74) is 1.13. The Labute approximate surface area is 162 Å². The minimum Gasteiger partial charge on any atom is -0.357 e. The Bertz CT molecular complexity index is 467. The van der Waals surface area contributed by atoms with Crippen LogP contribution in [0.5, 0.6) is 0 Å². The van der Waals surface area contributed by atoms with Gasteiger partial charge in [0.25, 0.3) is 0 Å². The van der Waals surface area contributed by atoms with Gasteiger partial charge in [-0.3, -0.25) is 4.99 Å². The molecule has 23 heavy (non-hydrogen) atoms. The van der Waals surface area contributed by atoms with Gasteiger partial charge in [-0.25, -0.2) is 4.98 Å². The second kappa shape index (κ2) is 11.2. The number of thiazole rings is 1. The average molecular weight is 450 g/mol. The first-order chi connectivity index (χ1) is 10.7. The van der Waals surface area contributed by atoms with Gasteiger partial charge in [0, 0.05) is 36.6 Å². The van der Waals surface area contributed by atoms with Gasteiger partial charge in [0.05, 0.1) is 5.01 Å². The van der Waals surface area contributed by atoms with Crippen molar-refractivity contribution in [2.24, 2.45) is 10.9 Å². The second-order valence-corrected chi connectivity index (χ2v) is 7.29. The smallest absolute Gasteiger partial charge is 0.191 e. The Kier molecular flexibility index (Phi) is 10.1. The van der Waals surface area contributed by atoms with Gasteiger partial charge in [0.15, 0.2) is 5.96 Å². The number of aromatic nitrogens is 1. The van der Waals surface area contributed by atoms with Crippen molar-refractivity contribution in [1.82, 2.24) is 15.6 Å². The van der Waals surface area contributed by atoms with Crippen LogP contribution >= 0.6 is 35.3 Å². The highest BCUT2D eigenvalue weighted by Gasteiger charge is 2.18. The lowest BCUT2D eigenvalue weighted by atomic mass is 9.87. The Morgan fingerprint density at radius 1 is 1.35 bits per heavy atom. The molecule has 0 saturated heterocycles. The van der Waals surface area contributed by atoms with Gasteiger partial charge in [0.1, 0.15) is 0 Å². The van der Waals surface area contributed by atoms with Gasteiger partial charge < -0.3 is 10.6 Å². The van der Waals surface area contributed by atoms with Crippen LogP contribution in [0.3, 0.4) is 0 Å². The van der Waals surface area contributed by atoms with E-state index in [0.29, 0.717) is 6.04 Å². The van der Waals surface area contributed by atoms with E-state index in [-0.39, 0.29) is 24.0 Å². The summed E-state index contributed by atoms with van der Waals surface area (Å²) in [6.45, 7) is 8.31. The zero-order valence-electron chi connectivity index (χ0n) is 14.6. The topological polar surface area (TPSA) is 49.3 Å². The molecule has 1 heterocycles. The molecule has 132 valence electrons. The van der Waals surface area contributed by atoms with Gasteiger partial charge in [-0.1, -0.05) is 6.92 Å². The number of halogens is 1. The fraction of sp³-hybridized carbons (Fsp3) is 0.765. The van der Waals surface area contributed by atoms with Gasteiger partial charge in [-0.05, 0) is 51.9 Å². The number of aryl methyl sites for hydroxylation is 2. The molecule has 1 aromatic rings. The van der Waals surface area contributed by atoms with Crippen molar-refractivity contribution in [1.29, 1.82) is 0 Å². The van der Waals surface area contributed by atoms with Gasteiger partial charge in [-0.2, -0.15) is 0 Å². The van der Waals surface area contributed by atoms with Crippen LogP contribution in [0, 0.1) is 12.8 Å². The molecule has 0 unspecified atom stereocenters. The average Bonchev–Trinajstić information content (AvgIpc) is 2.91. The minimum atomic E-state index is 0. The highest BCUT2D eigenvalue weighted by Crippen LogP contribution is 2.23. The highest BCUT2D eigenvalue weighted by atomic mass is 127. The quantitative estimate of drug-likeness (QED) is 0.297. The zero-order chi connectivity index (χ0) is 15.8. The monoisotopic (exact) mass is 450 g/mol. The van der Waals surface area contributed by atoms with Crippen LogP contribution in [0.25, 0.3) is 0 Å². The summed E-state index contributed by atoms with van der Waals surface area (Å²) in [5.74, 6) is 1.87. The summed E-state index contributed by atoms with van der Waals surface area (Å²) >= 11 is 1.76. The molecule has 1 aliphatic rings. The number of nitrogens with one attached hydrogen (secondary N) is 2. The summed E-state index contributed by atoms with van der Waals surface area (Å²) in [5, 5.41) is 10.3. The van der Waals surface area contributed by atoms with E-state index in [1.54, 1.807) is 11.3 Å². The van der Waals surface area contributed by atoms with Crippen molar-refractivity contribution in [2.45, 2.75) is 65.3 Å². The molecule has 2 N–H and O–H groups in total. The molecule has 0 spiro atoms. The molecular weight excluding hydrogens is 419 g/mol. The van der Waals surface area contributed by atoms with Crippen molar-refractivity contribution in [3.05, 3.63) is 16.1 Å². The van der Waals surface area contributed by atoms with Crippen LogP contribution in [0.2, 0.25) is 0 Å². The molecule has 0 radical (unpaired) electrons. The number of rotatable bonds is 6. The standard InChI is InChI=1S/C17H30N4S.HI/c1-4-18-17(21-15-9-7-13(2)8-10-15)19-11-5-6-16-20-14(3)12-22-16;/h12-13,15H,4-11H2,1-3H3,(H2,18,19,21);1H. The Morgan fingerprint density at radius 2 is 2.09 bits per heavy atom. The first kappa shape index (κ1) is 20.7. The lowest BCUT2D eigenvalue weighted by Crippen LogP contribution is -2.44. The summed E-state index contributed by atoms with van der Waals surface area (Å²) < 4.78 is 0. The van der Waals surface area contributed by atoms with Gasteiger partial charge >= 0.3 is 0 Å². The van der Waals surface area contributed by atoms with Crippen molar-refractivity contribution < 1.29 is 0 Å². The van der Waals surface area contributed by atoms with E-state index in [0.717, 1.165) is 43.5 Å². The molecule has 0 amide bonds. The van der Waals surface area contributed by atoms with E-state index >= 15 is 0 Å². The molecule has 1 aliphatic carbocycles. The summed E-state index contributed by atoms with van der Waals surface area (Å²) in [7, 11) is 0. The van der Waals surface area contributed by atoms with Crippen LogP contribution in [-0.2, 0) is 6.42 Å². The van der Waals surface area contributed by atoms with E-state index in [4.69, 9.17) is 4.99 Å². The normalized spacial score (nSPS) is 21.6. The zero-order valence-corrected chi connectivity index (χ0v) is 17.7. The summed E-state index contributed by atoms with van der Waals surface area (Å²) in [6.07, 6.45) is 7.29. The second-order valence-electron chi connectivity index (χ2n) is 6.35. The van der Waals surface area contributed by atoms with Crippen LogP contribution in [0.4, 0.5) is 0 Å².